The lowest BCUT2D eigenvalue weighted by atomic mass is 10.0. The van der Waals surface area contributed by atoms with Crippen molar-refractivity contribution in [3.8, 4) is 0 Å². The van der Waals surface area contributed by atoms with Crippen LogP contribution in [0, 0.1) is 0 Å². The van der Waals surface area contributed by atoms with Gasteiger partial charge in [0.05, 0.1) is 0 Å². The minimum absolute atomic E-state index is 0.255. The van der Waals surface area contributed by atoms with Crippen LogP contribution >= 0.6 is 0 Å². The topological polar surface area (TPSA) is 43.4 Å². The van der Waals surface area contributed by atoms with Crippen molar-refractivity contribution in [1.29, 1.82) is 0 Å². The number of rotatable bonds is 6. The van der Waals surface area contributed by atoms with Crippen molar-refractivity contribution in [2.75, 3.05) is 0 Å². The van der Waals surface area contributed by atoms with Crippen LogP contribution in [0.2, 0.25) is 0 Å². The van der Waals surface area contributed by atoms with Gasteiger partial charge >= 0.3 is 5.97 Å². The van der Waals surface area contributed by atoms with Gasteiger partial charge in [-0.05, 0) is 17.5 Å². The summed E-state index contributed by atoms with van der Waals surface area (Å²) in [4.78, 5) is 22.5. The van der Waals surface area contributed by atoms with Crippen molar-refractivity contribution in [3.05, 3.63) is 71.3 Å². The quantitative estimate of drug-likeness (QED) is 0.597. The zero-order valence-electron chi connectivity index (χ0n) is 11.1. The van der Waals surface area contributed by atoms with E-state index in [2.05, 4.69) is 0 Å². The van der Waals surface area contributed by atoms with Crippen LogP contribution in [0.3, 0.4) is 0 Å². The molecular formula is C17H16O3. The standard InChI is InChI=1S/C17H16O3/c18-12-16-9-5-4-8-15(16)10-11-17(19)20-13-14-6-2-1-3-7-14/h1-9,12H,10-11,13H2. The van der Waals surface area contributed by atoms with Crippen LogP contribution in [0.25, 0.3) is 0 Å². The molecule has 0 heterocycles. The molecule has 0 saturated carbocycles. The van der Waals surface area contributed by atoms with Crippen molar-refractivity contribution in [3.63, 3.8) is 0 Å². The van der Waals surface area contributed by atoms with Crippen LogP contribution < -0.4 is 0 Å². The second-order valence-electron chi connectivity index (χ2n) is 4.46. The van der Waals surface area contributed by atoms with Gasteiger partial charge in [0.15, 0.2) is 0 Å². The highest BCUT2D eigenvalue weighted by Crippen LogP contribution is 2.10. The first-order valence-corrected chi connectivity index (χ1v) is 6.52. The van der Waals surface area contributed by atoms with Crippen molar-refractivity contribution in [2.24, 2.45) is 0 Å². The van der Waals surface area contributed by atoms with E-state index >= 15 is 0 Å². The Morgan fingerprint density at radius 3 is 2.45 bits per heavy atom. The summed E-state index contributed by atoms with van der Waals surface area (Å²) in [5.74, 6) is -0.255. The summed E-state index contributed by atoms with van der Waals surface area (Å²) >= 11 is 0. The summed E-state index contributed by atoms with van der Waals surface area (Å²) in [6, 6.07) is 16.8. The van der Waals surface area contributed by atoms with Gasteiger partial charge in [-0.25, -0.2) is 0 Å². The van der Waals surface area contributed by atoms with Crippen molar-refractivity contribution in [2.45, 2.75) is 19.4 Å². The number of esters is 1. The zero-order valence-corrected chi connectivity index (χ0v) is 11.1. The Balaban J connectivity index is 1.82. The van der Waals surface area contributed by atoms with E-state index in [-0.39, 0.29) is 19.0 Å². The molecule has 0 unspecified atom stereocenters. The molecule has 0 radical (unpaired) electrons. The van der Waals surface area contributed by atoms with Crippen LogP contribution in [0.4, 0.5) is 0 Å². The second kappa shape index (κ2) is 7.24. The fraction of sp³-hybridized carbons (Fsp3) is 0.176. The van der Waals surface area contributed by atoms with Crippen molar-refractivity contribution < 1.29 is 14.3 Å². The summed E-state index contributed by atoms with van der Waals surface area (Å²) in [6.45, 7) is 0.287. The molecule has 0 atom stereocenters. The highest BCUT2D eigenvalue weighted by atomic mass is 16.5. The van der Waals surface area contributed by atoms with Gasteiger partial charge in [0.1, 0.15) is 12.9 Å². The SMILES string of the molecule is O=Cc1ccccc1CCC(=O)OCc1ccccc1. The minimum atomic E-state index is -0.255. The first kappa shape index (κ1) is 14.0. The van der Waals surface area contributed by atoms with Crippen molar-refractivity contribution >= 4 is 12.3 Å². The Hall–Kier alpha value is -2.42. The van der Waals surface area contributed by atoms with Gasteiger partial charge in [-0.1, -0.05) is 54.6 Å². The summed E-state index contributed by atoms with van der Waals surface area (Å²) in [5, 5.41) is 0. The van der Waals surface area contributed by atoms with Crippen LogP contribution in [0.15, 0.2) is 54.6 Å². The Kier molecular flexibility index (Phi) is 5.07. The molecule has 3 nitrogen and oxygen atoms in total. The third-order valence-electron chi connectivity index (χ3n) is 3.02. The van der Waals surface area contributed by atoms with Crippen LogP contribution in [0.1, 0.15) is 27.9 Å². The van der Waals surface area contributed by atoms with Crippen LogP contribution in [-0.4, -0.2) is 12.3 Å². The Morgan fingerprint density at radius 2 is 1.70 bits per heavy atom. The molecule has 0 bridgehead atoms. The van der Waals surface area contributed by atoms with Crippen LogP contribution in [-0.2, 0) is 22.6 Å². The zero-order chi connectivity index (χ0) is 14.2. The summed E-state index contributed by atoms with van der Waals surface area (Å²) in [6.07, 6.45) is 1.60. The maximum absolute atomic E-state index is 11.7. The van der Waals surface area contributed by atoms with Gasteiger partial charge in [-0.15, -0.1) is 0 Å². The molecule has 2 rings (SSSR count). The first-order chi connectivity index (χ1) is 9.79. The van der Waals surface area contributed by atoms with E-state index < -0.39 is 0 Å². The second-order valence-corrected chi connectivity index (χ2v) is 4.46. The largest absolute Gasteiger partial charge is 0.461 e. The lowest BCUT2D eigenvalue weighted by Crippen LogP contribution is -2.06. The number of carbonyl (C=O) groups excluding carboxylic acids is 2. The molecule has 0 fully saturated rings. The first-order valence-electron chi connectivity index (χ1n) is 6.52. The van der Waals surface area contributed by atoms with Gasteiger partial charge in [0.2, 0.25) is 0 Å². The lowest BCUT2D eigenvalue weighted by Gasteiger charge is -2.06. The molecule has 0 aliphatic heterocycles. The van der Waals surface area contributed by atoms with E-state index in [1.807, 2.05) is 42.5 Å². The van der Waals surface area contributed by atoms with E-state index in [0.29, 0.717) is 12.0 Å². The molecule has 0 aliphatic carbocycles. The Labute approximate surface area is 118 Å². The maximum Gasteiger partial charge on any atom is 0.306 e. The molecule has 3 heteroatoms. The molecule has 2 aromatic carbocycles. The van der Waals surface area contributed by atoms with E-state index in [9.17, 15) is 9.59 Å². The maximum atomic E-state index is 11.7. The van der Waals surface area contributed by atoms with Crippen molar-refractivity contribution in [1.82, 2.24) is 0 Å². The third kappa shape index (κ3) is 4.05. The molecule has 2 aromatic rings. The molecule has 0 amide bonds. The van der Waals surface area contributed by atoms with E-state index in [4.69, 9.17) is 4.74 Å². The van der Waals surface area contributed by atoms with Gasteiger partial charge in [-0.2, -0.15) is 0 Å². The Morgan fingerprint density at radius 1 is 1.00 bits per heavy atom. The normalized spacial score (nSPS) is 10.0. The number of benzene rings is 2. The average Bonchev–Trinajstić information content (AvgIpc) is 2.52. The molecule has 0 aliphatic rings. The monoisotopic (exact) mass is 268 g/mol. The Bertz CT molecular complexity index is 576. The third-order valence-corrected chi connectivity index (χ3v) is 3.02. The summed E-state index contributed by atoms with van der Waals surface area (Å²) in [7, 11) is 0. The van der Waals surface area contributed by atoms with Gasteiger partial charge in [0, 0.05) is 12.0 Å². The molecule has 0 spiro atoms. The molecule has 102 valence electrons. The number of ether oxygens (including phenoxy) is 1. The van der Waals surface area contributed by atoms with Gasteiger partial charge in [-0.3, -0.25) is 9.59 Å². The molecule has 20 heavy (non-hydrogen) atoms. The smallest absolute Gasteiger partial charge is 0.306 e. The number of hydrogen-bond donors (Lipinski definition) is 0. The van der Waals surface area contributed by atoms with E-state index in [1.165, 1.54) is 0 Å². The fourth-order valence-electron chi connectivity index (χ4n) is 1.92. The number of carbonyl (C=O) groups is 2. The fourth-order valence-corrected chi connectivity index (χ4v) is 1.92. The molecule has 0 saturated heterocycles. The lowest BCUT2D eigenvalue weighted by molar-refractivity contribution is -0.144. The van der Waals surface area contributed by atoms with E-state index in [0.717, 1.165) is 17.4 Å². The molecule has 0 aromatic heterocycles. The predicted molar refractivity (Wildman–Crippen MR) is 76.4 cm³/mol. The molecular weight excluding hydrogens is 252 g/mol. The van der Waals surface area contributed by atoms with Gasteiger partial charge in [0.25, 0.3) is 0 Å². The number of aryl methyl sites for hydroxylation is 1. The van der Waals surface area contributed by atoms with Crippen LogP contribution in [0.5, 0.6) is 0 Å². The van der Waals surface area contributed by atoms with E-state index in [1.54, 1.807) is 12.1 Å². The molecule has 0 N–H and O–H groups in total. The summed E-state index contributed by atoms with van der Waals surface area (Å²) < 4.78 is 5.20. The number of hydrogen-bond acceptors (Lipinski definition) is 3. The predicted octanol–water partition coefficient (Wildman–Crippen LogP) is 3.18. The highest BCUT2D eigenvalue weighted by Gasteiger charge is 2.06. The number of aldehydes is 1. The minimum Gasteiger partial charge on any atom is -0.461 e. The summed E-state index contributed by atoms with van der Waals surface area (Å²) in [5.41, 5.74) is 2.47. The average molecular weight is 268 g/mol. The highest BCUT2D eigenvalue weighted by molar-refractivity contribution is 5.77. The van der Waals surface area contributed by atoms with Gasteiger partial charge < -0.3 is 4.74 Å².